The second kappa shape index (κ2) is 6.40. The molecule has 1 aromatic rings. The summed E-state index contributed by atoms with van der Waals surface area (Å²) >= 11 is 3.89. The van der Waals surface area contributed by atoms with E-state index in [-0.39, 0.29) is 18.0 Å². The van der Waals surface area contributed by atoms with Crippen LogP contribution < -0.4 is 0 Å². The molecule has 90 valence electrons. The average molecular weight is 251 g/mol. The monoisotopic (exact) mass is 251 g/mol. The second-order valence-corrected chi connectivity index (χ2v) is 3.94. The predicted octanol–water partition coefficient (Wildman–Crippen LogP) is 1.11. The first kappa shape index (κ1) is 13.7. The van der Waals surface area contributed by atoms with Crippen molar-refractivity contribution in [3.63, 3.8) is 0 Å². The maximum Gasteiger partial charge on any atom is 0.176 e. The third-order valence-corrected chi connectivity index (χ3v) is 2.74. The lowest BCUT2D eigenvalue weighted by atomic mass is 10.0. The van der Waals surface area contributed by atoms with Crippen LogP contribution in [0, 0.1) is 11.3 Å². The SMILES string of the molecule is N#CCC(=O)c1ccc(C(O)C(O)CS)cc1. The summed E-state index contributed by atoms with van der Waals surface area (Å²) < 4.78 is 0. The van der Waals surface area contributed by atoms with E-state index in [0.717, 1.165) is 0 Å². The van der Waals surface area contributed by atoms with Gasteiger partial charge in [-0.05, 0) is 5.56 Å². The van der Waals surface area contributed by atoms with Gasteiger partial charge < -0.3 is 10.2 Å². The molecule has 0 radical (unpaired) electrons. The number of nitriles is 1. The molecule has 0 saturated carbocycles. The number of hydrogen-bond donors (Lipinski definition) is 3. The zero-order valence-electron chi connectivity index (χ0n) is 9.08. The average Bonchev–Trinajstić information content (AvgIpc) is 2.37. The van der Waals surface area contributed by atoms with Crippen LogP contribution in [0.25, 0.3) is 0 Å². The van der Waals surface area contributed by atoms with Crippen molar-refractivity contribution in [1.82, 2.24) is 0 Å². The molecule has 0 fully saturated rings. The van der Waals surface area contributed by atoms with Crippen LogP contribution in [0.3, 0.4) is 0 Å². The van der Waals surface area contributed by atoms with Crippen molar-refractivity contribution >= 4 is 18.4 Å². The first-order chi connectivity index (χ1) is 8.10. The van der Waals surface area contributed by atoms with Crippen LogP contribution in [0.5, 0.6) is 0 Å². The molecule has 17 heavy (non-hydrogen) atoms. The van der Waals surface area contributed by atoms with Gasteiger partial charge in [0, 0.05) is 11.3 Å². The minimum atomic E-state index is -1.02. The molecule has 0 aromatic heterocycles. The van der Waals surface area contributed by atoms with Crippen molar-refractivity contribution in [2.75, 3.05) is 5.75 Å². The zero-order valence-corrected chi connectivity index (χ0v) is 9.97. The van der Waals surface area contributed by atoms with E-state index in [1.807, 2.05) is 0 Å². The molecule has 0 aliphatic rings. The number of carbonyl (C=O) groups is 1. The number of hydrogen-bond acceptors (Lipinski definition) is 5. The highest BCUT2D eigenvalue weighted by atomic mass is 32.1. The van der Waals surface area contributed by atoms with Crippen LogP contribution in [-0.2, 0) is 0 Å². The molecule has 0 spiro atoms. The highest BCUT2D eigenvalue weighted by Crippen LogP contribution is 2.18. The lowest BCUT2D eigenvalue weighted by Gasteiger charge is -2.16. The van der Waals surface area contributed by atoms with E-state index in [9.17, 15) is 15.0 Å². The molecular formula is C12H13NO3S. The van der Waals surface area contributed by atoms with Crippen LogP contribution in [0.1, 0.15) is 28.4 Å². The Morgan fingerprint density at radius 2 is 1.94 bits per heavy atom. The standard InChI is InChI=1S/C12H13NO3S/c13-6-5-10(14)8-1-3-9(4-2-8)12(16)11(15)7-17/h1-4,11-12,15-17H,5,7H2. The van der Waals surface area contributed by atoms with Gasteiger partial charge in [0.15, 0.2) is 5.78 Å². The fraction of sp³-hybridized carbons (Fsp3) is 0.333. The van der Waals surface area contributed by atoms with Crippen molar-refractivity contribution in [3.05, 3.63) is 35.4 Å². The number of aliphatic hydroxyl groups is 2. The maximum absolute atomic E-state index is 11.4. The van der Waals surface area contributed by atoms with Gasteiger partial charge in [0.1, 0.15) is 6.10 Å². The van der Waals surface area contributed by atoms with Crippen molar-refractivity contribution in [2.24, 2.45) is 0 Å². The van der Waals surface area contributed by atoms with E-state index in [0.29, 0.717) is 11.1 Å². The van der Waals surface area contributed by atoms with Gasteiger partial charge in [-0.3, -0.25) is 4.79 Å². The van der Waals surface area contributed by atoms with Gasteiger partial charge in [-0.25, -0.2) is 0 Å². The summed E-state index contributed by atoms with van der Waals surface area (Å²) in [5.74, 6) is -0.112. The molecule has 0 amide bonds. The summed E-state index contributed by atoms with van der Waals surface area (Å²) in [6.45, 7) is 0. The minimum absolute atomic E-state index is 0.149. The highest BCUT2D eigenvalue weighted by Gasteiger charge is 2.17. The highest BCUT2D eigenvalue weighted by molar-refractivity contribution is 7.80. The Balaban J connectivity index is 2.81. The van der Waals surface area contributed by atoms with Crippen LogP contribution >= 0.6 is 12.6 Å². The Morgan fingerprint density at radius 1 is 1.35 bits per heavy atom. The van der Waals surface area contributed by atoms with E-state index in [1.165, 1.54) is 12.1 Å². The van der Waals surface area contributed by atoms with E-state index < -0.39 is 12.2 Å². The molecule has 0 saturated heterocycles. The largest absolute Gasteiger partial charge is 0.389 e. The number of aliphatic hydroxyl groups excluding tert-OH is 2. The Morgan fingerprint density at radius 3 is 2.41 bits per heavy atom. The Kier molecular flexibility index (Phi) is 5.16. The van der Waals surface area contributed by atoms with Crippen LogP contribution in [0.4, 0.5) is 0 Å². The molecule has 0 aliphatic carbocycles. The number of thiol groups is 1. The summed E-state index contributed by atoms with van der Waals surface area (Å²) in [4.78, 5) is 11.4. The molecule has 0 heterocycles. The normalized spacial score (nSPS) is 13.8. The minimum Gasteiger partial charge on any atom is -0.389 e. The number of carbonyl (C=O) groups excluding carboxylic acids is 1. The molecule has 5 heteroatoms. The molecule has 2 atom stereocenters. The second-order valence-electron chi connectivity index (χ2n) is 3.57. The molecule has 2 N–H and O–H groups in total. The fourth-order valence-corrected chi connectivity index (χ4v) is 1.56. The Labute approximate surface area is 105 Å². The van der Waals surface area contributed by atoms with E-state index >= 15 is 0 Å². The topological polar surface area (TPSA) is 81.3 Å². The molecular weight excluding hydrogens is 238 g/mol. The lowest BCUT2D eigenvalue weighted by Crippen LogP contribution is -2.19. The molecule has 0 bridgehead atoms. The first-order valence-electron chi connectivity index (χ1n) is 5.07. The maximum atomic E-state index is 11.4. The van der Waals surface area contributed by atoms with Crippen molar-refractivity contribution in [2.45, 2.75) is 18.6 Å². The number of nitrogens with zero attached hydrogens (tertiary/aromatic N) is 1. The van der Waals surface area contributed by atoms with Gasteiger partial charge in [0.25, 0.3) is 0 Å². The third kappa shape index (κ3) is 3.56. The van der Waals surface area contributed by atoms with Crippen molar-refractivity contribution in [1.29, 1.82) is 5.26 Å². The van der Waals surface area contributed by atoms with Gasteiger partial charge in [0.05, 0.1) is 18.6 Å². The molecule has 2 unspecified atom stereocenters. The van der Waals surface area contributed by atoms with Crippen LogP contribution in [0.2, 0.25) is 0 Å². The van der Waals surface area contributed by atoms with Gasteiger partial charge in [-0.2, -0.15) is 17.9 Å². The molecule has 4 nitrogen and oxygen atoms in total. The van der Waals surface area contributed by atoms with Crippen molar-refractivity contribution in [3.8, 4) is 6.07 Å². The van der Waals surface area contributed by atoms with Gasteiger partial charge in [-0.1, -0.05) is 24.3 Å². The Bertz CT molecular complexity index is 424. The molecule has 0 aliphatic heterocycles. The molecule has 1 rings (SSSR count). The fourth-order valence-electron chi connectivity index (χ4n) is 1.36. The van der Waals surface area contributed by atoms with Crippen LogP contribution in [0.15, 0.2) is 24.3 Å². The third-order valence-electron chi connectivity index (χ3n) is 2.37. The van der Waals surface area contributed by atoms with Crippen LogP contribution in [-0.4, -0.2) is 27.9 Å². The number of rotatable bonds is 5. The Hall–Kier alpha value is -1.35. The van der Waals surface area contributed by atoms with Gasteiger partial charge in [-0.15, -0.1) is 0 Å². The predicted molar refractivity (Wildman–Crippen MR) is 65.8 cm³/mol. The first-order valence-corrected chi connectivity index (χ1v) is 5.70. The summed E-state index contributed by atoms with van der Waals surface area (Å²) in [5, 5.41) is 27.5. The van der Waals surface area contributed by atoms with E-state index in [4.69, 9.17) is 5.26 Å². The van der Waals surface area contributed by atoms with Gasteiger partial charge in [0.2, 0.25) is 0 Å². The lowest BCUT2D eigenvalue weighted by molar-refractivity contribution is 0.0337. The summed E-state index contributed by atoms with van der Waals surface area (Å²) in [6, 6.07) is 7.96. The van der Waals surface area contributed by atoms with E-state index in [2.05, 4.69) is 12.6 Å². The number of Topliss-reactive ketones (excluding diaryl/α,β-unsaturated/α-hetero) is 1. The van der Waals surface area contributed by atoms with Gasteiger partial charge >= 0.3 is 0 Å². The number of benzene rings is 1. The number of ketones is 1. The summed E-state index contributed by atoms with van der Waals surface area (Å²) in [5.41, 5.74) is 0.933. The summed E-state index contributed by atoms with van der Waals surface area (Å²) in [6.07, 6.45) is -2.13. The smallest absolute Gasteiger partial charge is 0.176 e. The molecule has 1 aromatic carbocycles. The summed E-state index contributed by atoms with van der Waals surface area (Å²) in [7, 11) is 0. The van der Waals surface area contributed by atoms with E-state index in [1.54, 1.807) is 18.2 Å². The quantitative estimate of drug-likeness (QED) is 0.541. The zero-order chi connectivity index (χ0) is 12.8. The van der Waals surface area contributed by atoms with Crippen molar-refractivity contribution < 1.29 is 15.0 Å².